The van der Waals surface area contributed by atoms with Gasteiger partial charge in [0.05, 0.1) is 6.61 Å². The van der Waals surface area contributed by atoms with Crippen LogP contribution in [0.1, 0.15) is 25.3 Å². The molecular weight excluding hydrogens is 282 g/mol. The first-order chi connectivity index (χ1) is 10.3. The van der Waals surface area contributed by atoms with Crippen molar-refractivity contribution >= 4 is 17.7 Å². The smallest absolute Gasteiger partial charge is 0.191 e. The molecule has 0 bridgehead atoms. The summed E-state index contributed by atoms with van der Waals surface area (Å²) in [4.78, 5) is 4.24. The van der Waals surface area contributed by atoms with Crippen LogP contribution >= 0.6 is 11.8 Å². The second-order valence-electron chi connectivity index (χ2n) is 4.59. The summed E-state index contributed by atoms with van der Waals surface area (Å²) in [6.45, 7) is 4.34. The third-order valence-corrected chi connectivity index (χ3v) is 3.71. The normalized spacial score (nSPS) is 11.3. The van der Waals surface area contributed by atoms with Crippen LogP contribution in [0.4, 0.5) is 0 Å². The molecule has 0 radical (unpaired) electrons. The van der Waals surface area contributed by atoms with Gasteiger partial charge in [0.25, 0.3) is 0 Å². The molecule has 0 saturated carbocycles. The maximum Gasteiger partial charge on any atom is 0.191 e. The number of ether oxygens (including phenoxy) is 1. The molecule has 0 aliphatic rings. The molecule has 2 N–H and O–H groups in total. The molecule has 0 aliphatic heterocycles. The van der Waals surface area contributed by atoms with Crippen LogP contribution < -0.4 is 15.4 Å². The van der Waals surface area contributed by atoms with Gasteiger partial charge in [-0.15, -0.1) is 0 Å². The summed E-state index contributed by atoms with van der Waals surface area (Å²) in [5.74, 6) is 2.99. The Morgan fingerprint density at radius 2 is 2.05 bits per heavy atom. The van der Waals surface area contributed by atoms with Gasteiger partial charge in [-0.3, -0.25) is 4.99 Å². The lowest BCUT2D eigenvalue weighted by Gasteiger charge is -2.14. The number of nitrogens with zero attached hydrogens (tertiary/aromatic N) is 1. The fourth-order valence-corrected chi connectivity index (χ4v) is 2.42. The van der Waals surface area contributed by atoms with Gasteiger partial charge in [-0.05, 0) is 37.8 Å². The van der Waals surface area contributed by atoms with Crippen LogP contribution in [0.25, 0.3) is 0 Å². The van der Waals surface area contributed by atoms with Crippen LogP contribution in [0.3, 0.4) is 0 Å². The van der Waals surface area contributed by atoms with Crippen molar-refractivity contribution in [1.29, 1.82) is 0 Å². The lowest BCUT2D eigenvalue weighted by Crippen LogP contribution is -2.37. The number of guanidine groups is 1. The number of thioether (sulfide) groups is 1. The Bertz CT molecular complexity index is 424. The van der Waals surface area contributed by atoms with Crippen molar-refractivity contribution in [1.82, 2.24) is 10.6 Å². The zero-order chi connectivity index (χ0) is 15.3. The maximum absolute atomic E-state index is 5.63. The lowest BCUT2D eigenvalue weighted by atomic mass is 10.2. The van der Waals surface area contributed by atoms with E-state index in [2.05, 4.69) is 27.9 Å². The maximum atomic E-state index is 5.63. The van der Waals surface area contributed by atoms with Crippen LogP contribution in [0.2, 0.25) is 0 Å². The molecular formula is C16H27N3OS. The zero-order valence-corrected chi connectivity index (χ0v) is 14.1. The Balaban J connectivity index is 2.38. The minimum atomic E-state index is 0.680. The Labute approximate surface area is 132 Å². The van der Waals surface area contributed by atoms with Crippen molar-refractivity contribution < 1.29 is 4.74 Å². The molecule has 1 aromatic rings. The van der Waals surface area contributed by atoms with Crippen LogP contribution in [0.15, 0.2) is 29.3 Å². The van der Waals surface area contributed by atoms with Gasteiger partial charge in [0.1, 0.15) is 5.75 Å². The molecule has 21 heavy (non-hydrogen) atoms. The Hall–Kier alpha value is -1.36. The van der Waals surface area contributed by atoms with Crippen molar-refractivity contribution in [2.75, 3.05) is 32.2 Å². The summed E-state index contributed by atoms with van der Waals surface area (Å²) in [6, 6.07) is 8.09. The Kier molecular flexibility index (Phi) is 9.53. The fourth-order valence-electron chi connectivity index (χ4n) is 1.92. The van der Waals surface area contributed by atoms with E-state index in [-0.39, 0.29) is 0 Å². The minimum Gasteiger partial charge on any atom is -0.494 e. The van der Waals surface area contributed by atoms with E-state index in [0.29, 0.717) is 13.2 Å². The quantitative estimate of drug-likeness (QED) is 0.418. The molecule has 1 rings (SSSR count). The van der Waals surface area contributed by atoms with Crippen LogP contribution in [0, 0.1) is 0 Å². The summed E-state index contributed by atoms with van der Waals surface area (Å²) in [5.41, 5.74) is 1.14. The van der Waals surface area contributed by atoms with E-state index in [1.54, 1.807) is 7.05 Å². The Morgan fingerprint density at radius 1 is 1.24 bits per heavy atom. The lowest BCUT2D eigenvalue weighted by molar-refractivity contribution is 0.336. The molecule has 0 aliphatic carbocycles. The molecule has 0 amide bonds. The zero-order valence-electron chi connectivity index (χ0n) is 13.3. The Morgan fingerprint density at radius 3 is 2.76 bits per heavy atom. The predicted molar refractivity (Wildman–Crippen MR) is 93.4 cm³/mol. The van der Waals surface area contributed by atoms with E-state index in [0.717, 1.165) is 30.2 Å². The number of benzene rings is 1. The number of para-hydroxylation sites is 1. The van der Waals surface area contributed by atoms with Crippen LogP contribution in [0.5, 0.6) is 5.75 Å². The van der Waals surface area contributed by atoms with Gasteiger partial charge >= 0.3 is 0 Å². The molecule has 0 unspecified atom stereocenters. The van der Waals surface area contributed by atoms with Gasteiger partial charge in [-0.2, -0.15) is 11.8 Å². The topological polar surface area (TPSA) is 45.6 Å². The summed E-state index contributed by atoms with van der Waals surface area (Å²) in [7, 11) is 1.80. The van der Waals surface area contributed by atoms with E-state index < -0.39 is 0 Å². The summed E-state index contributed by atoms with van der Waals surface area (Å²) in [6.07, 6.45) is 4.54. The highest BCUT2D eigenvalue weighted by molar-refractivity contribution is 7.98. The van der Waals surface area contributed by atoms with Gasteiger partial charge in [0.15, 0.2) is 5.96 Å². The highest BCUT2D eigenvalue weighted by Gasteiger charge is 2.03. The first-order valence-corrected chi connectivity index (χ1v) is 8.85. The van der Waals surface area contributed by atoms with E-state index >= 15 is 0 Å². The first-order valence-electron chi connectivity index (χ1n) is 7.46. The minimum absolute atomic E-state index is 0.680. The molecule has 5 heteroatoms. The highest BCUT2D eigenvalue weighted by Crippen LogP contribution is 2.17. The van der Waals surface area contributed by atoms with E-state index in [9.17, 15) is 0 Å². The van der Waals surface area contributed by atoms with Crippen molar-refractivity contribution in [3.63, 3.8) is 0 Å². The second kappa shape index (κ2) is 11.3. The molecule has 118 valence electrons. The average Bonchev–Trinajstić information content (AvgIpc) is 2.51. The predicted octanol–water partition coefficient (Wildman–Crippen LogP) is 2.89. The fraction of sp³-hybridized carbons (Fsp3) is 0.562. The molecule has 0 spiro atoms. The highest BCUT2D eigenvalue weighted by atomic mass is 32.2. The van der Waals surface area contributed by atoms with Crippen LogP contribution in [-0.4, -0.2) is 38.2 Å². The number of hydrogen-bond acceptors (Lipinski definition) is 3. The second-order valence-corrected chi connectivity index (χ2v) is 5.58. The van der Waals surface area contributed by atoms with Gasteiger partial charge in [-0.1, -0.05) is 18.2 Å². The number of aliphatic imine (C=N–C) groups is 1. The van der Waals surface area contributed by atoms with Crippen molar-refractivity contribution in [3.8, 4) is 5.75 Å². The number of nitrogens with one attached hydrogen (secondary N) is 2. The van der Waals surface area contributed by atoms with E-state index in [4.69, 9.17) is 4.74 Å². The molecule has 0 aromatic heterocycles. The van der Waals surface area contributed by atoms with Crippen LogP contribution in [-0.2, 0) is 6.54 Å². The molecule has 0 saturated heterocycles. The van der Waals surface area contributed by atoms with E-state index in [1.807, 2.05) is 36.9 Å². The summed E-state index contributed by atoms with van der Waals surface area (Å²) in [5, 5.41) is 6.67. The van der Waals surface area contributed by atoms with Crippen molar-refractivity contribution in [2.45, 2.75) is 26.3 Å². The summed E-state index contributed by atoms with van der Waals surface area (Å²) < 4.78 is 5.63. The van der Waals surface area contributed by atoms with E-state index in [1.165, 1.54) is 12.2 Å². The SMILES string of the molecule is CCOc1ccccc1CNC(=NC)NCCCCSC. The molecule has 4 nitrogen and oxygen atoms in total. The monoisotopic (exact) mass is 309 g/mol. The largest absolute Gasteiger partial charge is 0.494 e. The van der Waals surface area contributed by atoms with Crippen molar-refractivity contribution in [3.05, 3.63) is 29.8 Å². The van der Waals surface area contributed by atoms with Gasteiger partial charge in [-0.25, -0.2) is 0 Å². The third kappa shape index (κ3) is 7.27. The standard InChI is InChI=1S/C16H27N3OS/c1-4-20-15-10-6-5-9-14(15)13-19-16(17-2)18-11-7-8-12-21-3/h5-6,9-10H,4,7-8,11-13H2,1-3H3,(H2,17,18,19). The van der Waals surface area contributed by atoms with Gasteiger partial charge in [0, 0.05) is 25.7 Å². The van der Waals surface area contributed by atoms with Gasteiger partial charge in [0.2, 0.25) is 0 Å². The molecule has 0 atom stereocenters. The number of unbranched alkanes of at least 4 members (excludes halogenated alkanes) is 1. The first kappa shape index (κ1) is 17.7. The summed E-state index contributed by atoms with van der Waals surface area (Å²) >= 11 is 1.89. The number of hydrogen-bond donors (Lipinski definition) is 2. The molecule has 1 aromatic carbocycles. The average molecular weight is 309 g/mol. The molecule has 0 fully saturated rings. The molecule has 0 heterocycles. The van der Waals surface area contributed by atoms with Crippen molar-refractivity contribution in [2.24, 2.45) is 4.99 Å². The number of rotatable bonds is 9. The third-order valence-electron chi connectivity index (χ3n) is 3.01. The van der Waals surface area contributed by atoms with Gasteiger partial charge < -0.3 is 15.4 Å².